The van der Waals surface area contributed by atoms with Gasteiger partial charge in [0.25, 0.3) is 0 Å². The predicted octanol–water partition coefficient (Wildman–Crippen LogP) is 2.50. The molecule has 0 heterocycles. The summed E-state index contributed by atoms with van der Waals surface area (Å²) >= 11 is 0. The van der Waals surface area contributed by atoms with Crippen LogP contribution in [0.25, 0.3) is 0 Å². The van der Waals surface area contributed by atoms with E-state index in [-0.39, 0.29) is 5.54 Å². The molecule has 4 N–H and O–H groups in total. The van der Waals surface area contributed by atoms with Crippen molar-refractivity contribution in [3.05, 3.63) is 0 Å². The molecule has 0 bridgehead atoms. The number of hydrogen-bond acceptors (Lipinski definition) is 4. The van der Waals surface area contributed by atoms with Gasteiger partial charge in [-0.05, 0) is 105 Å². The van der Waals surface area contributed by atoms with Gasteiger partial charge in [0.1, 0.15) is 0 Å². The summed E-state index contributed by atoms with van der Waals surface area (Å²) < 4.78 is 0. The van der Waals surface area contributed by atoms with Gasteiger partial charge in [-0.3, -0.25) is 0 Å². The monoisotopic (exact) mass is 314 g/mol. The molecule has 0 spiro atoms. The third-order valence-electron chi connectivity index (χ3n) is 3.60. The molecular weight excluding hydrogens is 272 g/mol. The molecule has 0 aromatic rings. The van der Waals surface area contributed by atoms with Gasteiger partial charge in [-0.25, -0.2) is 0 Å². The Morgan fingerprint density at radius 1 is 0.545 bits per heavy atom. The lowest BCUT2D eigenvalue weighted by Crippen LogP contribution is -2.36. The number of rotatable bonds is 16. The van der Waals surface area contributed by atoms with Crippen molar-refractivity contribution >= 4 is 0 Å². The molecule has 0 aromatic heterocycles. The molecule has 0 saturated heterocycles. The van der Waals surface area contributed by atoms with Crippen molar-refractivity contribution < 1.29 is 0 Å². The first kappa shape index (κ1) is 21.8. The van der Waals surface area contributed by atoms with E-state index in [1.807, 2.05) is 0 Å². The molecule has 134 valence electrons. The van der Waals surface area contributed by atoms with Crippen LogP contribution in [0.4, 0.5) is 0 Å². The second-order valence-electron chi connectivity index (χ2n) is 7.15. The van der Waals surface area contributed by atoms with Crippen LogP contribution >= 0.6 is 0 Å². The normalized spacial score (nSPS) is 12.0. The highest BCUT2D eigenvalue weighted by Crippen LogP contribution is 1.98. The molecule has 0 atom stereocenters. The van der Waals surface area contributed by atoms with E-state index < -0.39 is 0 Å². The molecule has 4 nitrogen and oxygen atoms in total. The fourth-order valence-electron chi connectivity index (χ4n) is 2.27. The third-order valence-corrected chi connectivity index (χ3v) is 3.60. The van der Waals surface area contributed by atoms with Gasteiger partial charge in [0.2, 0.25) is 0 Å². The molecule has 0 amide bonds. The van der Waals surface area contributed by atoms with Crippen LogP contribution in [0.3, 0.4) is 0 Å². The highest BCUT2D eigenvalue weighted by Gasteiger charge is 2.06. The Morgan fingerprint density at radius 2 is 0.909 bits per heavy atom. The summed E-state index contributed by atoms with van der Waals surface area (Å²) in [6, 6.07) is 0. The van der Waals surface area contributed by atoms with Crippen LogP contribution in [0.2, 0.25) is 0 Å². The van der Waals surface area contributed by atoms with Crippen LogP contribution < -0.4 is 21.3 Å². The van der Waals surface area contributed by atoms with Gasteiger partial charge >= 0.3 is 0 Å². The van der Waals surface area contributed by atoms with Crippen LogP contribution in [0, 0.1) is 0 Å². The summed E-state index contributed by atoms with van der Waals surface area (Å²) in [6.45, 7) is 16.9. The average Bonchev–Trinajstić information content (AvgIpc) is 2.45. The SMILES string of the molecule is CCNCCCCNCCCCNCCCCNC(C)(C)C. The van der Waals surface area contributed by atoms with Gasteiger partial charge in [-0.15, -0.1) is 0 Å². The van der Waals surface area contributed by atoms with E-state index in [4.69, 9.17) is 0 Å². The summed E-state index contributed by atoms with van der Waals surface area (Å²) in [7, 11) is 0. The number of unbranched alkanes of at least 4 members (excludes halogenated alkanes) is 3. The first-order valence-electron chi connectivity index (χ1n) is 9.43. The maximum absolute atomic E-state index is 3.54. The lowest BCUT2D eigenvalue weighted by atomic mass is 10.1. The van der Waals surface area contributed by atoms with Crippen LogP contribution in [0.5, 0.6) is 0 Å². The molecule has 0 aliphatic heterocycles. The summed E-state index contributed by atoms with van der Waals surface area (Å²) in [5.41, 5.74) is 0.257. The van der Waals surface area contributed by atoms with Crippen molar-refractivity contribution in [3.63, 3.8) is 0 Å². The van der Waals surface area contributed by atoms with Crippen LogP contribution in [-0.4, -0.2) is 51.4 Å². The Labute approximate surface area is 139 Å². The van der Waals surface area contributed by atoms with Gasteiger partial charge in [0.05, 0.1) is 0 Å². The fraction of sp³-hybridized carbons (Fsp3) is 1.00. The minimum Gasteiger partial charge on any atom is -0.317 e. The lowest BCUT2D eigenvalue weighted by molar-refractivity contribution is 0.416. The molecule has 0 unspecified atom stereocenters. The van der Waals surface area contributed by atoms with Crippen molar-refractivity contribution in [2.75, 3.05) is 45.8 Å². The van der Waals surface area contributed by atoms with E-state index in [2.05, 4.69) is 49.0 Å². The standard InChI is InChI=1S/C18H42N4/c1-5-19-12-6-7-13-20-14-8-9-15-21-16-10-11-17-22-18(2,3)4/h19-22H,5-17H2,1-4H3. The molecule has 0 aliphatic rings. The molecule has 0 rings (SSSR count). The Balaban J connectivity index is 3.00. The molecule has 4 heteroatoms. The zero-order chi connectivity index (χ0) is 16.5. The summed E-state index contributed by atoms with van der Waals surface area (Å²) in [4.78, 5) is 0. The fourth-order valence-corrected chi connectivity index (χ4v) is 2.27. The minimum atomic E-state index is 0.257. The number of nitrogens with one attached hydrogen (secondary N) is 4. The molecule has 0 radical (unpaired) electrons. The van der Waals surface area contributed by atoms with Crippen molar-refractivity contribution in [1.29, 1.82) is 0 Å². The maximum atomic E-state index is 3.54. The Kier molecular flexibility index (Phi) is 15.6. The van der Waals surface area contributed by atoms with Gasteiger partial charge in [-0.2, -0.15) is 0 Å². The van der Waals surface area contributed by atoms with Gasteiger partial charge < -0.3 is 21.3 Å². The molecule has 22 heavy (non-hydrogen) atoms. The molecular formula is C18H42N4. The van der Waals surface area contributed by atoms with Crippen LogP contribution in [0.15, 0.2) is 0 Å². The first-order valence-corrected chi connectivity index (χ1v) is 9.43. The summed E-state index contributed by atoms with van der Waals surface area (Å²) in [5, 5.41) is 14.0. The topological polar surface area (TPSA) is 48.1 Å². The van der Waals surface area contributed by atoms with Crippen molar-refractivity contribution in [3.8, 4) is 0 Å². The van der Waals surface area contributed by atoms with E-state index >= 15 is 0 Å². The van der Waals surface area contributed by atoms with Crippen molar-refractivity contribution in [2.24, 2.45) is 0 Å². The molecule has 0 saturated carbocycles. The summed E-state index contributed by atoms with van der Waals surface area (Å²) in [5.74, 6) is 0. The van der Waals surface area contributed by atoms with Crippen LogP contribution in [0.1, 0.15) is 66.2 Å². The highest BCUT2D eigenvalue weighted by molar-refractivity contribution is 4.69. The summed E-state index contributed by atoms with van der Waals surface area (Å²) in [6.07, 6.45) is 7.67. The minimum absolute atomic E-state index is 0.257. The maximum Gasteiger partial charge on any atom is 0.00965 e. The van der Waals surface area contributed by atoms with Gasteiger partial charge in [0, 0.05) is 5.54 Å². The van der Waals surface area contributed by atoms with Crippen molar-refractivity contribution in [1.82, 2.24) is 21.3 Å². The second kappa shape index (κ2) is 15.7. The van der Waals surface area contributed by atoms with Crippen molar-refractivity contribution in [2.45, 2.75) is 71.8 Å². The molecule has 0 aromatic carbocycles. The highest BCUT2D eigenvalue weighted by atomic mass is 14.9. The third kappa shape index (κ3) is 19.8. The van der Waals surface area contributed by atoms with E-state index in [0.29, 0.717) is 0 Å². The van der Waals surface area contributed by atoms with Gasteiger partial charge in [0.15, 0.2) is 0 Å². The van der Waals surface area contributed by atoms with E-state index in [1.54, 1.807) is 0 Å². The average molecular weight is 315 g/mol. The smallest absolute Gasteiger partial charge is 0.00965 e. The molecule has 0 fully saturated rings. The zero-order valence-corrected chi connectivity index (χ0v) is 15.7. The van der Waals surface area contributed by atoms with Crippen LogP contribution in [-0.2, 0) is 0 Å². The second-order valence-corrected chi connectivity index (χ2v) is 7.15. The Morgan fingerprint density at radius 3 is 1.27 bits per heavy atom. The Hall–Kier alpha value is -0.160. The number of hydrogen-bond donors (Lipinski definition) is 4. The largest absolute Gasteiger partial charge is 0.317 e. The first-order chi connectivity index (χ1) is 10.6. The lowest BCUT2D eigenvalue weighted by Gasteiger charge is -2.20. The Bertz CT molecular complexity index is 214. The van der Waals surface area contributed by atoms with E-state index in [0.717, 1.165) is 32.7 Å². The zero-order valence-electron chi connectivity index (χ0n) is 15.7. The van der Waals surface area contributed by atoms with E-state index in [9.17, 15) is 0 Å². The molecule has 0 aliphatic carbocycles. The predicted molar refractivity (Wildman–Crippen MR) is 99.7 cm³/mol. The van der Waals surface area contributed by atoms with Gasteiger partial charge in [-0.1, -0.05) is 6.92 Å². The quantitative estimate of drug-likeness (QED) is 0.331. The van der Waals surface area contributed by atoms with E-state index in [1.165, 1.54) is 51.6 Å².